The van der Waals surface area contributed by atoms with Crippen LogP contribution >= 0.6 is 0 Å². The second kappa shape index (κ2) is 12.6. The first-order chi connectivity index (χ1) is 16.5. The van der Waals surface area contributed by atoms with Crippen LogP contribution in [-0.2, 0) is 11.3 Å². The predicted molar refractivity (Wildman–Crippen MR) is 132 cm³/mol. The van der Waals surface area contributed by atoms with Crippen LogP contribution in [0, 0.1) is 0 Å². The summed E-state index contributed by atoms with van der Waals surface area (Å²) in [6.07, 6.45) is 6.59. The summed E-state index contributed by atoms with van der Waals surface area (Å²) in [5, 5.41) is 8.75. The van der Waals surface area contributed by atoms with Crippen LogP contribution in [0.2, 0.25) is 0 Å². The molecular formula is C28H33NO5. The van der Waals surface area contributed by atoms with Gasteiger partial charge in [0.2, 0.25) is 0 Å². The topological polar surface area (TPSA) is 80.0 Å². The molecule has 1 aromatic heterocycles. The lowest BCUT2D eigenvalue weighted by Gasteiger charge is -2.29. The fourth-order valence-corrected chi connectivity index (χ4v) is 3.74. The molecular weight excluding hydrogens is 430 g/mol. The Hall–Kier alpha value is -3.54. The standard InChI is InChI=1S/C28H33NO5/c1-3-21(2)29(28(32)23-14-12-22(13-15-23)25-16-18-33-20-25)19-24-9-6-7-10-26(24)34-17-8-4-5-11-27(30)31/h6-7,9-10,12-16,18,20-21H,3-5,8,11,17,19H2,1-2H3,(H,30,31). The van der Waals surface area contributed by atoms with E-state index in [0.29, 0.717) is 25.1 Å². The Morgan fingerprint density at radius 1 is 1.00 bits per heavy atom. The van der Waals surface area contributed by atoms with Gasteiger partial charge >= 0.3 is 5.97 Å². The Balaban J connectivity index is 1.68. The molecule has 1 N–H and O–H groups in total. The number of rotatable bonds is 13. The quantitative estimate of drug-likeness (QED) is 0.296. The van der Waals surface area contributed by atoms with Gasteiger partial charge < -0.3 is 19.2 Å². The number of benzene rings is 2. The molecule has 0 aliphatic carbocycles. The zero-order valence-corrected chi connectivity index (χ0v) is 19.9. The van der Waals surface area contributed by atoms with Gasteiger partial charge in [-0.25, -0.2) is 0 Å². The number of unbranched alkanes of at least 4 members (excludes halogenated alkanes) is 2. The third-order valence-corrected chi connectivity index (χ3v) is 5.98. The van der Waals surface area contributed by atoms with Crippen molar-refractivity contribution in [2.45, 2.75) is 58.5 Å². The third-order valence-electron chi connectivity index (χ3n) is 5.98. The lowest BCUT2D eigenvalue weighted by Crippen LogP contribution is -2.37. The summed E-state index contributed by atoms with van der Waals surface area (Å²) < 4.78 is 11.2. The minimum Gasteiger partial charge on any atom is -0.493 e. The first-order valence-corrected chi connectivity index (χ1v) is 11.9. The van der Waals surface area contributed by atoms with Crippen molar-refractivity contribution in [2.24, 2.45) is 0 Å². The largest absolute Gasteiger partial charge is 0.493 e. The Labute approximate surface area is 201 Å². The zero-order valence-electron chi connectivity index (χ0n) is 19.9. The van der Waals surface area contributed by atoms with Crippen LogP contribution in [0.4, 0.5) is 0 Å². The second-order valence-electron chi connectivity index (χ2n) is 8.44. The normalized spacial score (nSPS) is 11.7. The molecule has 0 saturated heterocycles. The lowest BCUT2D eigenvalue weighted by molar-refractivity contribution is -0.137. The molecule has 6 heteroatoms. The monoisotopic (exact) mass is 463 g/mol. The van der Waals surface area contributed by atoms with E-state index in [9.17, 15) is 9.59 Å². The summed E-state index contributed by atoms with van der Waals surface area (Å²) in [6, 6.07) is 17.3. The Morgan fingerprint density at radius 2 is 1.76 bits per heavy atom. The van der Waals surface area contributed by atoms with Gasteiger partial charge in [-0.3, -0.25) is 9.59 Å². The minimum absolute atomic E-state index is 0.0171. The highest BCUT2D eigenvalue weighted by Crippen LogP contribution is 2.25. The number of carboxylic acids is 1. The highest BCUT2D eigenvalue weighted by Gasteiger charge is 2.22. The molecule has 2 aromatic carbocycles. The lowest BCUT2D eigenvalue weighted by atomic mass is 10.0. The maximum absolute atomic E-state index is 13.5. The number of nitrogens with zero attached hydrogens (tertiary/aromatic N) is 1. The van der Waals surface area contributed by atoms with Gasteiger partial charge in [-0.15, -0.1) is 0 Å². The van der Waals surface area contributed by atoms with E-state index < -0.39 is 5.97 Å². The smallest absolute Gasteiger partial charge is 0.303 e. The molecule has 0 aliphatic rings. The molecule has 3 aromatic rings. The van der Waals surface area contributed by atoms with Crippen molar-refractivity contribution in [3.05, 3.63) is 78.3 Å². The number of furan rings is 1. The summed E-state index contributed by atoms with van der Waals surface area (Å²) in [4.78, 5) is 26.0. The van der Waals surface area contributed by atoms with Crippen LogP contribution in [0.1, 0.15) is 61.9 Å². The van der Waals surface area contributed by atoms with E-state index in [1.807, 2.05) is 59.5 Å². The Kier molecular flexibility index (Phi) is 9.32. The molecule has 1 atom stereocenters. The van der Waals surface area contributed by atoms with E-state index in [1.165, 1.54) is 0 Å². The summed E-state index contributed by atoms with van der Waals surface area (Å²) in [5.41, 5.74) is 3.58. The molecule has 180 valence electrons. The van der Waals surface area contributed by atoms with E-state index in [1.54, 1.807) is 12.5 Å². The van der Waals surface area contributed by atoms with E-state index in [-0.39, 0.29) is 18.4 Å². The van der Waals surface area contributed by atoms with Crippen molar-refractivity contribution in [3.8, 4) is 16.9 Å². The number of carboxylic acid groups (broad SMARTS) is 1. The average Bonchev–Trinajstić information content (AvgIpc) is 3.39. The summed E-state index contributed by atoms with van der Waals surface area (Å²) in [6.45, 7) is 5.10. The maximum atomic E-state index is 13.5. The van der Waals surface area contributed by atoms with Crippen molar-refractivity contribution in [1.29, 1.82) is 0 Å². The zero-order chi connectivity index (χ0) is 24.3. The minimum atomic E-state index is -0.766. The molecule has 0 fully saturated rings. The molecule has 0 radical (unpaired) electrons. The van der Waals surface area contributed by atoms with Crippen molar-refractivity contribution in [3.63, 3.8) is 0 Å². The Morgan fingerprint density at radius 3 is 2.44 bits per heavy atom. The number of ether oxygens (including phenoxy) is 1. The average molecular weight is 464 g/mol. The van der Waals surface area contributed by atoms with E-state index in [2.05, 4.69) is 13.8 Å². The molecule has 1 heterocycles. The number of carbonyl (C=O) groups excluding carboxylic acids is 1. The van der Waals surface area contributed by atoms with Gasteiger partial charge in [0.05, 0.1) is 19.1 Å². The van der Waals surface area contributed by atoms with Gasteiger partial charge in [0, 0.05) is 35.7 Å². The number of amides is 1. The van der Waals surface area contributed by atoms with Crippen molar-refractivity contribution in [1.82, 2.24) is 4.90 Å². The molecule has 1 amide bonds. The van der Waals surface area contributed by atoms with Crippen molar-refractivity contribution < 1.29 is 23.8 Å². The summed E-state index contributed by atoms with van der Waals surface area (Å²) >= 11 is 0. The highest BCUT2D eigenvalue weighted by atomic mass is 16.5. The molecule has 6 nitrogen and oxygen atoms in total. The van der Waals surface area contributed by atoms with Crippen LogP contribution in [-0.4, -0.2) is 34.5 Å². The van der Waals surface area contributed by atoms with Gasteiger partial charge in [0.15, 0.2) is 0 Å². The molecule has 3 rings (SSSR count). The van der Waals surface area contributed by atoms with Crippen molar-refractivity contribution in [2.75, 3.05) is 6.61 Å². The molecule has 0 bridgehead atoms. The van der Waals surface area contributed by atoms with Gasteiger partial charge in [-0.1, -0.05) is 37.3 Å². The van der Waals surface area contributed by atoms with Gasteiger partial charge in [-0.2, -0.15) is 0 Å². The van der Waals surface area contributed by atoms with Crippen LogP contribution in [0.5, 0.6) is 5.75 Å². The predicted octanol–water partition coefficient (Wildman–Crippen LogP) is 6.41. The first-order valence-electron chi connectivity index (χ1n) is 11.9. The SMILES string of the molecule is CCC(C)N(Cc1ccccc1OCCCCCC(=O)O)C(=O)c1ccc(-c2ccoc2)cc1. The molecule has 0 saturated carbocycles. The van der Waals surface area contributed by atoms with E-state index in [0.717, 1.165) is 41.7 Å². The summed E-state index contributed by atoms with van der Waals surface area (Å²) in [5.74, 6) is -0.0223. The fraction of sp³-hybridized carbons (Fsp3) is 0.357. The molecule has 34 heavy (non-hydrogen) atoms. The third kappa shape index (κ3) is 6.98. The Bertz CT molecular complexity index is 1040. The van der Waals surface area contributed by atoms with E-state index in [4.69, 9.17) is 14.3 Å². The van der Waals surface area contributed by atoms with Crippen molar-refractivity contribution >= 4 is 11.9 Å². The van der Waals surface area contributed by atoms with Crippen LogP contribution in [0.3, 0.4) is 0 Å². The number of para-hydroxylation sites is 1. The molecule has 0 spiro atoms. The van der Waals surface area contributed by atoms with Crippen LogP contribution in [0.15, 0.2) is 71.5 Å². The number of aliphatic carboxylic acids is 1. The van der Waals surface area contributed by atoms with Crippen LogP contribution < -0.4 is 4.74 Å². The number of hydrogen-bond acceptors (Lipinski definition) is 4. The fourth-order valence-electron chi connectivity index (χ4n) is 3.74. The second-order valence-corrected chi connectivity index (χ2v) is 8.44. The van der Waals surface area contributed by atoms with Crippen LogP contribution in [0.25, 0.3) is 11.1 Å². The maximum Gasteiger partial charge on any atom is 0.303 e. The van der Waals surface area contributed by atoms with Gasteiger partial charge in [0.25, 0.3) is 5.91 Å². The first kappa shape index (κ1) is 25.1. The summed E-state index contributed by atoms with van der Waals surface area (Å²) in [7, 11) is 0. The number of carbonyl (C=O) groups is 2. The molecule has 0 aliphatic heterocycles. The highest BCUT2D eigenvalue weighted by molar-refractivity contribution is 5.95. The van der Waals surface area contributed by atoms with Gasteiger partial charge in [0.1, 0.15) is 5.75 Å². The van der Waals surface area contributed by atoms with Gasteiger partial charge in [-0.05, 0) is 62.4 Å². The molecule has 1 unspecified atom stereocenters. The van der Waals surface area contributed by atoms with E-state index >= 15 is 0 Å². The number of hydrogen-bond donors (Lipinski definition) is 1.